The Kier molecular flexibility index (Phi) is 4.08. The van der Waals surface area contributed by atoms with Crippen LogP contribution >= 0.6 is 22.7 Å². The molecule has 0 saturated carbocycles. The predicted octanol–water partition coefficient (Wildman–Crippen LogP) is 6.66. The molecule has 0 saturated heterocycles. The molecular formula is C20H18N2S2. The third kappa shape index (κ3) is 2.83. The van der Waals surface area contributed by atoms with E-state index >= 15 is 0 Å². The zero-order valence-corrected chi connectivity index (χ0v) is 15.2. The van der Waals surface area contributed by atoms with Gasteiger partial charge in [-0.3, -0.25) is 0 Å². The summed E-state index contributed by atoms with van der Waals surface area (Å²) in [6.07, 6.45) is 0. The van der Waals surface area contributed by atoms with Crippen LogP contribution in [0.2, 0.25) is 0 Å². The molecule has 3 aromatic heterocycles. The molecule has 120 valence electrons. The fourth-order valence-corrected chi connectivity index (χ4v) is 4.17. The van der Waals surface area contributed by atoms with E-state index in [4.69, 9.17) is 4.98 Å². The highest BCUT2D eigenvalue weighted by Crippen LogP contribution is 2.37. The highest BCUT2D eigenvalue weighted by atomic mass is 32.1. The minimum absolute atomic E-state index is 0.541. The van der Waals surface area contributed by atoms with Gasteiger partial charge in [0.05, 0.1) is 15.4 Å². The first kappa shape index (κ1) is 15.4. The predicted molar refractivity (Wildman–Crippen MR) is 105 cm³/mol. The number of H-pyrrole nitrogens is 1. The maximum atomic E-state index is 4.91. The van der Waals surface area contributed by atoms with Gasteiger partial charge in [0.2, 0.25) is 0 Å². The fourth-order valence-electron chi connectivity index (χ4n) is 2.73. The zero-order valence-electron chi connectivity index (χ0n) is 13.6. The van der Waals surface area contributed by atoms with Crippen molar-refractivity contribution in [3.05, 3.63) is 64.9 Å². The molecule has 0 aliphatic heterocycles. The maximum absolute atomic E-state index is 4.91. The Labute approximate surface area is 149 Å². The lowest BCUT2D eigenvalue weighted by Gasteiger charge is -2.05. The molecule has 0 atom stereocenters. The number of thiophene rings is 2. The van der Waals surface area contributed by atoms with Crippen LogP contribution in [0.4, 0.5) is 0 Å². The first-order valence-electron chi connectivity index (χ1n) is 8.00. The second-order valence-electron chi connectivity index (χ2n) is 6.04. The third-order valence-corrected chi connectivity index (χ3v) is 5.84. The van der Waals surface area contributed by atoms with Crippen LogP contribution in [0.3, 0.4) is 0 Å². The van der Waals surface area contributed by atoms with Crippen molar-refractivity contribution in [1.29, 1.82) is 0 Å². The number of rotatable bonds is 4. The van der Waals surface area contributed by atoms with Gasteiger partial charge in [-0.1, -0.05) is 50.2 Å². The van der Waals surface area contributed by atoms with E-state index in [1.54, 1.807) is 22.7 Å². The summed E-state index contributed by atoms with van der Waals surface area (Å²) in [5.74, 6) is 1.47. The summed E-state index contributed by atoms with van der Waals surface area (Å²) in [6, 6.07) is 17.1. The van der Waals surface area contributed by atoms with E-state index in [0.717, 1.165) is 22.8 Å². The van der Waals surface area contributed by atoms with Crippen molar-refractivity contribution in [2.75, 3.05) is 0 Å². The van der Waals surface area contributed by atoms with Crippen molar-refractivity contribution in [3.8, 4) is 32.5 Å². The van der Waals surface area contributed by atoms with Gasteiger partial charge >= 0.3 is 0 Å². The summed E-state index contributed by atoms with van der Waals surface area (Å²) in [7, 11) is 0. The molecule has 24 heavy (non-hydrogen) atoms. The number of nitrogens with one attached hydrogen (secondary N) is 1. The van der Waals surface area contributed by atoms with Crippen LogP contribution in [0.5, 0.6) is 0 Å². The standard InChI is InChI=1S/C20H18N2S2/c1-13(2)14-7-9-15(10-8-14)20-21-18(16-5-3-11-23-16)19(22-20)17-6-4-12-24-17/h3-13H,1-2H3,(H,21,22). The lowest BCUT2D eigenvalue weighted by atomic mass is 10.0. The molecule has 4 heteroatoms. The number of hydrogen-bond donors (Lipinski definition) is 1. The van der Waals surface area contributed by atoms with E-state index in [9.17, 15) is 0 Å². The normalized spacial score (nSPS) is 11.3. The highest BCUT2D eigenvalue weighted by molar-refractivity contribution is 7.14. The Morgan fingerprint density at radius 1 is 0.875 bits per heavy atom. The second kappa shape index (κ2) is 6.38. The average Bonchev–Trinajstić information content (AvgIpc) is 3.33. The molecule has 4 aromatic rings. The van der Waals surface area contributed by atoms with Crippen LogP contribution in [0, 0.1) is 0 Å². The van der Waals surface area contributed by atoms with Gasteiger partial charge in [-0.05, 0) is 34.4 Å². The van der Waals surface area contributed by atoms with Gasteiger partial charge in [0.15, 0.2) is 0 Å². The first-order valence-corrected chi connectivity index (χ1v) is 9.76. The summed E-state index contributed by atoms with van der Waals surface area (Å²) in [5, 5.41) is 4.20. The molecule has 0 fully saturated rings. The lowest BCUT2D eigenvalue weighted by molar-refractivity contribution is 0.867. The van der Waals surface area contributed by atoms with Gasteiger partial charge in [0.1, 0.15) is 11.5 Å². The van der Waals surface area contributed by atoms with Crippen LogP contribution in [-0.4, -0.2) is 9.97 Å². The van der Waals surface area contributed by atoms with Gasteiger partial charge < -0.3 is 4.98 Å². The summed E-state index contributed by atoms with van der Waals surface area (Å²) < 4.78 is 0. The van der Waals surface area contributed by atoms with Gasteiger partial charge in [0, 0.05) is 5.56 Å². The zero-order chi connectivity index (χ0) is 16.5. The fraction of sp³-hybridized carbons (Fsp3) is 0.150. The third-order valence-electron chi connectivity index (χ3n) is 4.08. The summed E-state index contributed by atoms with van der Waals surface area (Å²) in [5.41, 5.74) is 4.62. The Bertz CT molecular complexity index is 863. The number of aromatic nitrogens is 2. The Morgan fingerprint density at radius 2 is 1.54 bits per heavy atom. The largest absolute Gasteiger partial charge is 0.337 e. The van der Waals surface area contributed by atoms with E-state index < -0.39 is 0 Å². The van der Waals surface area contributed by atoms with Crippen molar-refractivity contribution >= 4 is 22.7 Å². The number of hydrogen-bond acceptors (Lipinski definition) is 3. The Hall–Kier alpha value is -2.17. The molecule has 0 amide bonds. The molecular weight excluding hydrogens is 332 g/mol. The van der Waals surface area contributed by atoms with E-state index in [0.29, 0.717) is 5.92 Å². The smallest absolute Gasteiger partial charge is 0.138 e. The molecule has 0 aliphatic rings. The van der Waals surface area contributed by atoms with E-state index in [-0.39, 0.29) is 0 Å². The van der Waals surface area contributed by atoms with Crippen molar-refractivity contribution < 1.29 is 0 Å². The van der Waals surface area contributed by atoms with Crippen molar-refractivity contribution in [1.82, 2.24) is 9.97 Å². The maximum Gasteiger partial charge on any atom is 0.138 e. The monoisotopic (exact) mass is 350 g/mol. The summed E-state index contributed by atoms with van der Waals surface area (Å²) in [4.78, 5) is 10.9. The van der Waals surface area contributed by atoms with E-state index in [2.05, 4.69) is 78.1 Å². The number of aromatic amines is 1. The topological polar surface area (TPSA) is 28.7 Å². The molecule has 3 heterocycles. The molecule has 0 aliphatic carbocycles. The van der Waals surface area contributed by atoms with Gasteiger partial charge in [-0.25, -0.2) is 4.98 Å². The summed E-state index contributed by atoms with van der Waals surface area (Å²) >= 11 is 3.46. The number of benzene rings is 1. The lowest BCUT2D eigenvalue weighted by Crippen LogP contribution is -1.87. The van der Waals surface area contributed by atoms with Crippen LogP contribution in [0.25, 0.3) is 32.5 Å². The van der Waals surface area contributed by atoms with Crippen LogP contribution in [-0.2, 0) is 0 Å². The molecule has 0 unspecified atom stereocenters. The Morgan fingerprint density at radius 3 is 2.12 bits per heavy atom. The number of imidazole rings is 1. The van der Waals surface area contributed by atoms with Gasteiger partial charge in [-0.15, -0.1) is 22.7 Å². The minimum Gasteiger partial charge on any atom is -0.337 e. The minimum atomic E-state index is 0.541. The molecule has 0 radical (unpaired) electrons. The molecule has 0 spiro atoms. The molecule has 4 rings (SSSR count). The quantitative estimate of drug-likeness (QED) is 0.438. The molecule has 1 N–H and O–H groups in total. The first-order chi connectivity index (χ1) is 11.7. The molecule has 0 bridgehead atoms. The van der Waals surface area contributed by atoms with Crippen molar-refractivity contribution in [3.63, 3.8) is 0 Å². The second-order valence-corrected chi connectivity index (χ2v) is 7.94. The van der Waals surface area contributed by atoms with Gasteiger partial charge in [0.25, 0.3) is 0 Å². The van der Waals surface area contributed by atoms with Crippen LogP contribution in [0.15, 0.2) is 59.3 Å². The molecule has 1 aromatic carbocycles. The Balaban J connectivity index is 1.81. The van der Waals surface area contributed by atoms with Crippen LogP contribution < -0.4 is 0 Å². The molecule has 2 nitrogen and oxygen atoms in total. The summed E-state index contributed by atoms with van der Waals surface area (Å²) in [6.45, 7) is 4.43. The number of nitrogens with zero attached hydrogens (tertiary/aromatic N) is 1. The van der Waals surface area contributed by atoms with E-state index in [1.807, 2.05) is 0 Å². The highest BCUT2D eigenvalue weighted by Gasteiger charge is 2.16. The SMILES string of the molecule is CC(C)c1ccc(-c2nc(-c3cccs3)c(-c3cccs3)[nH]2)cc1. The van der Waals surface area contributed by atoms with Gasteiger partial charge in [-0.2, -0.15) is 0 Å². The van der Waals surface area contributed by atoms with Crippen molar-refractivity contribution in [2.45, 2.75) is 19.8 Å². The van der Waals surface area contributed by atoms with Crippen molar-refractivity contribution in [2.24, 2.45) is 0 Å². The van der Waals surface area contributed by atoms with Crippen LogP contribution in [0.1, 0.15) is 25.3 Å². The average molecular weight is 351 g/mol. The van der Waals surface area contributed by atoms with E-state index in [1.165, 1.54) is 15.3 Å².